The monoisotopic (exact) mass is 438 g/mol. The molecular formula is C24H27ClN4O2. The van der Waals surface area contributed by atoms with Gasteiger partial charge in [0.1, 0.15) is 11.6 Å². The lowest BCUT2D eigenvalue weighted by Crippen LogP contribution is -2.32. The van der Waals surface area contributed by atoms with E-state index in [0.29, 0.717) is 43.6 Å². The molecule has 1 aliphatic carbocycles. The Morgan fingerprint density at radius 1 is 1.19 bits per heavy atom. The van der Waals surface area contributed by atoms with Crippen molar-refractivity contribution in [2.24, 2.45) is 0 Å². The predicted molar refractivity (Wildman–Crippen MR) is 124 cm³/mol. The van der Waals surface area contributed by atoms with E-state index in [4.69, 9.17) is 26.3 Å². The van der Waals surface area contributed by atoms with Gasteiger partial charge in [0.25, 0.3) is 0 Å². The van der Waals surface area contributed by atoms with E-state index in [1.807, 2.05) is 36.4 Å². The van der Waals surface area contributed by atoms with Gasteiger partial charge in [0, 0.05) is 49.5 Å². The van der Waals surface area contributed by atoms with Crippen LogP contribution in [0.5, 0.6) is 0 Å². The normalized spacial score (nSPS) is 13.4. The molecule has 2 aromatic carbocycles. The summed E-state index contributed by atoms with van der Waals surface area (Å²) in [6.45, 7) is 2.22. The van der Waals surface area contributed by atoms with Crippen LogP contribution in [0.1, 0.15) is 36.6 Å². The quantitative estimate of drug-likeness (QED) is 0.477. The molecule has 0 radical (unpaired) electrons. The highest BCUT2D eigenvalue weighted by Crippen LogP contribution is 2.40. The first kappa shape index (κ1) is 21.5. The molecule has 7 heteroatoms. The van der Waals surface area contributed by atoms with Crippen LogP contribution in [0.4, 0.5) is 5.82 Å². The summed E-state index contributed by atoms with van der Waals surface area (Å²) in [7, 11) is 1.62. The zero-order valence-electron chi connectivity index (χ0n) is 17.7. The van der Waals surface area contributed by atoms with Gasteiger partial charge < -0.3 is 15.0 Å². The molecule has 0 spiro atoms. The Balaban J connectivity index is 1.65. The summed E-state index contributed by atoms with van der Waals surface area (Å²) in [5, 5.41) is 4.50. The van der Waals surface area contributed by atoms with E-state index in [2.05, 4.69) is 22.3 Å². The number of carbonyl (C=O) groups excluding carboxylic acids is 1. The van der Waals surface area contributed by atoms with Crippen LogP contribution in [0.3, 0.4) is 0 Å². The average molecular weight is 439 g/mol. The number of hydrogen-bond donors (Lipinski definition) is 1. The third kappa shape index (κ3) is 5.71. The number of carbonyl (C=O) groups is 1. The van der Waals surface area contributed by atoms with Crippen molar-refractivity contribution in [2.45, 2.75) is 31.7 Å². The minimum Gasteiger partial charge on any atom is -0.383 e. The van der Waals surface area contributed by atoms with Gasteiger partial charge in [-0.2, -0.15) is 0 Å². The molecule has 1 N–H and O–H groups in total. The summed E-state index contributed by atoms with van der Waals surface area (Å²) >= 11 is 6.25. The van der Waals surface area contributed by atoms with Crippen molar-refractivity contribution < 1.29 is 9.53 Å². The van der Waals surface area contributed by atoms with Gasteiger partial charge in [-0.25, -0.2) is 9.97 Å². The molecule has 0 aliphatic heterocycles. The third-order valence-electron chi connectivity index (χ3n) is 5.35. The van der Waals surface area contributed by atoms with Crippen molar-refractivity contribution in [2.75, 3.05) is 31.7 Å². The molecule has 1 saturated carbocycles. The van der Waals surface area contributed by atoms with E-state index in [9.17, 15) is 4.79 Å². The molecule has 31 heavy (non-hydrogen) atoms. The Morgan fingerprint density at radius 3 is 2.74 bits per heavy atom. The highest BCUT2D eigenvalue weighted by Gasteiger charge is 2.28. The molecule has 162 valence electrons. The number of rotatable bonds is 10. The van der Waals surface area contributed by atoms with Crippen LogP contribution in [0.25, 0.3) is 10.9 Å². The van der Waals surface area contributed by atoms with Gasteiger partial charge in [-0.3, -0.25) is 4.79 Å². The summed E-state index contributed by atoms with van der Waals surface area (Å²) in [6, 6.07) is 16.0. The Morgan fingerprint density at radius 2 is 2.00 bits per heavy atom. The summed E-state index contributed by atoms with van der Waals surface area (Å²) in [6.07, 6.45) is 2.60. The van der Waals surface area contributed by atoms with Crippen molar-refractivity contribution in [3.63, 3.8) is 0 Å². The Labute approximate surface area is 187 Å². The second-order valence-electron chi connectivity index (χ2n) is 7.84. The lowest BCUT2D eigenvalue weighted by Gasteiger charge is -2.25. The number of nitrogens with one attached hydrogen (secondary N) is 1. The summed E-state index contributed by atoms with van der Waals surface area (Å²) in [4.78, 5) is 24.3. The van der Waals surface area contributed by atoms with Gasteiger partial charge in [0.05, 0.1) is 12.1 Å². The number of halogens is 1. The van der Waals surface area contributed by atoms with Gasteiger partial charge >= 0.3 is 0 Å². The Kier molecular flexibility index (Phi) is 6.99. The number of amides is 1. The first-order valence-electron chi connectivity index (χ1n) is 10.7. The number of ether oxygens (including phenoxy) is 1. The van der Waals surface area contributed by atoms with Crippen LogP contribution < -0.4 is 10.2 Å². The molecule has 6 nitrogen and oxygen atoms in total. The van der Waals surface area contributed by atoms with Gasteiger partial charge in [0.2, 0.25) is 5.91 Å². The Bertz CT molecular complexity index is 1040. The van der Waals surface area contributed by atoms with E-state index in [-0.39, 0.29) is 5.91 Å². The lowest BCUT2D eigenvalue weighted by molar-refractivity contribution is -0.121. The van der Waals surface area contributed by atoms with Crippen molar-refractivity contribution in [3.8, 4) is 0 Å². The van der Waals surface area contributed by atoms with Gasteiger partial charge in [-0.05, 0) is 36.6 Å². The molecule has 0 saturated heterocycles. The molecule has 4 rings (SSSR count). The van der Waals surface area contributed by atoms with Gasteiger partial charge in [-0.15, -0.1) is 0 Å². The molecule has 0 atom stereocenters. The minimum atomic E-state index is -0.000987. The van der Waals surface area contributed by atoms with Crippen LogP contribution in [0, 0.1) is 0 Å². The van der Waals surface area contributed by atoms with E-state index in [1.54, 1.807) is 7.11 Å². The highest BCUT2D eigenvalue weighted by molar-refractivity contribution is 6.31. The second-order valence-corrected chi connectivity index (χ2v) is 8.28. The van der Waals surface area contributed by atoms with Crippen LogP contribution in [0.15, 0.2) is 48.5 Å². The largest absolute Gasteiger partial charge is 0.383 e. The first-order chi connectivity index (χ1) is 15.1. The Hall–Kier alpha value is -2.70. The number of nitrogens with zero attached hydrogens (tertiary/aromatic N) is 3. The first-order valence-corrected chi connectivity index (χ1v) is 11.0. The van der Waals surface area contributed by atoms with Crippen molar-refractivity contribution in [1.29, 1.82) is 0 Å². The maximum atomic E-state index is 12.4. The number of methoxy groups -OCH3 is 1. The fourth-order valence-corrected chi connectivity index (χ4v) is 3.72. The number of benzene rings is 2. The topological polar surface area (TPSA) is 67.3 Å². The maximum absolute atomic E-state index is 12.4. The maximum Gasteiger partial charge on any atom is 0.221 e. The SMILES string of the molecule is COCCNC(=O)CCN(Cc1ccccc1)c1nc(C2CC2)nc2cc(Cl)ccc12. The van der Waals surface area contributed by atoms with Gasteiger partial charge in [-0.1, -0.05) is 41.9 Å². The lowest BCUT2D eigenvalue weighted by atomic mass is 10.1. The van der Waals surface area contributed by atoms with Crippen LogP contribution in [0.2, 0.25) is 5.02 Å². The zero-order chi connectivity index (χ0) is 21.6. The van der Waals surface area contributed by atoms with Crippen molar-refractivity contribution in [1.82, 2.24) is 15.3 Å². The van der Waals surface area contributed by atoms with E-state index in [1.165, 1.54) is 0 Å². The molecule has 1 amide bonds. The highest BCUT2D eigenvalue weighted by atomic mass is 35.5. The predicted octanol–water partition coefficient (Wildman–Crippen LogP) is 4.32. The summed E-state index contributed by atoms with van der Waals surface area (Å²) in [5.41, 5.74) is 2.01. The van der Waals surface area contributed by atoms with Crippen molar-refractivity contribution in [3.05, 3.63) is 64.9 Å². The van der Waals surface area contributed by atoms with Crippen LogP contribution >= 0.6 is 11.6 Å². The molecule has 1 aliphatic rings. The van der Waals surface area contributed by atoms with Crippen LogP contribution in [-0.4, -0.2) is 42.7 Å². The molecule has 0 bridgehead atoms. The van der Waals surface area contributed by atoms with Gasteiger partial charge in [0.15, 0.2) is 0 Å². The number of aromatic nitrogens is 2. The average Bonchev–Trinajstić information content (AvgIpc) is 3.62. The summed E-state index contributed by atoms with van der Waals surface area (Å²) < 4.78 is 5.01. The molecule has 1 heterocycles. The number of anilines is 1. The smallest absolute Gasteiger partial charge is 0.221 e. The van der Waals surface area contributed by atoms with E-state index in [0.717, 1.165) is 41.0 Å². The molecule has 3 aromatic rings. The molecular weight excluding hydrogens is 412 g/mol. The standard InChI is InChI=1S/C24H27ClN4O2/c1-31-14-12-26-22(30)11-13-29(16-17-5-3-2-4-6-17)24-20-10-9-19(25)15-21(20)27-23(28-24)18-7-8-18/h2-6,9-10,15,18H,7-8,11-14,16H2,1H3,(H,26,30). The fraction of sp³-hybridized carbons (Fsp3) is 0.375. The fourth-order valence-electron chi connectivity index (χ4n) is 3.55. The number of hydrogen-bond acceptors (Lipinski definition) is 5. The number of fused-ring (bicyclic) bond motifs is 1. The molecule has 0 unspecified atom stereocenters. The zero-order valence-corrected chi connectivity index (χ0v) is 18.4. The summed E-state index contributed by atoms with van der Waals surface area (Å²) in [5.74, 6) is 2.14. The second kappa shape index (κ2) is 10.1. The molecule has 1 fully saturated rings. The van der Waals surface area contributed by atoms with Crippen LogP contribution in [-0.2, 0) is 16.1 Å². The van der Waals surface area contributed by atoms with E-state index >= 15 is 0 Å². The van der Waals surface area contributed by atoms with E-state index < -0.39 is 0 Å². The third-order valence-corrected chi connectivity index (χ3v) is 5.59. The minimum absolute atomic E-state index is 0.000987. The van der Waals surface area contributed by atoms with Crippen molar-refractivity contribution >= 4 is 34.2 Å². The molecule has 1 aromatic heterocycles.